The summed E-state index contributed by atoms with van der Waals surface area (Å²) in [6.07, 6.45) is 0. The minimum absolute atomic E-state index is 0.0659. The maximum Gasteiger partial charge on any atom is 0.269 e. The molecular formula is C28H25N5OS2. The molecule has 1 saturated heterocycles. The van der Waals surface area contributed by atoms with Crippen molar-refractivity contribution in [2.75, 3.05) is 23.8 Å². The Labute approximate surface area is 219 Å². The monoisotopic (exact) mass is 511 g/mol. The third kappa shape index (κ3) is 4.48. The Kier molecular flexibility index (Phi) is 6.77. The Morgan fingerprint density at radius 1 is 1.06 bits per heavy atom. The molecule has 0 saturated carbocycles. The Bertz CT molecular complexity index is 1440. The number of amides is 1. The van der Waals surface area contributed by atoms with Crippen LogP contribution in [0.25, 0.3) is 0 Å². The first-order chi connectivity index (χ1) is 17.5. The number of nitrogens with one attached hydrogen (secondary N) is 1. The molecule has 3 aromatic carbocycles. The molecule has 2 aliphatic rings. The zero-order valence-corrected chi connectivity index (χ0v) is 21.9. The lowest BCUT2D eigenvalue weighted by Gasteiger charge is -2.18. The Balaban J connectivity index is 1.60. The van der Waals surface area contributed by atoms with Crippen molar-refractivity contribution in [1.82, 2.24) is 4.90 Å². The van der Waals surface area contributed by atoms with Gasteiger partial charge in [0.1, 0.15) is 4.91 Å². The maximum absolute atomic E-state index is 13.9. The summed E-state index contributed by atoms with van der Waals surface area (Å²) in [5.41, 5.74) is 5.32. The molecule has 0 aromatic heterocycles. The molecule has 0 unspecified atom stereocenters. The average Bonchev–Trinajstić information content (AvgIpc) is 3.38. The second-order valence-corrected chi connectivity index (χ2v) is 10.5. The quantitative estimate of drug-likeness (QED) is 0.396. The number of benzene rings is 3. The second-order valence-electron chi connectivity index (χ2n) is 8.46. The predicted octanol–water partition coefficient (Wildman–Crippen LogP) is 6.47. The summed E-state index contributed by atoms with van der Waals surface area (Å²) in [6.45, 7) is 5.24. The summed E-state index contributed by atoms with van der Waals surface area (Å²) in [7, 11) is 2.01. The van der Waals surface area contributed by atoms with E-state index in [1.165, 1.54) is 17.3 Å². The van der Waals surface area contributed by atoms with E-state index in [0.717, 1.165) is 33.4 Å². The maximum atomic E-state index is 13.9. The lowest BCUT2D eigenvalue weighted by molar-refractivity contribution is -0.122. The fraction of sp³-hybridized carbons (Fsp3) is 0.179. The number of nitrogens with zero attached hydrogens (tertiary/aromatic N) is 4. The second kappa shape index (κ2) is 10.1. The number of hydrogen-bond donors (Lipinski definition) is 1. The zero-order chi connectivity index (χ0) is 25.2. The lowest BCUT2D eigenvalue weighted by Crippen LogP contribution is -2.29. The van der Waals surface area contributed by atoms with Crippen LogP contribution in [-0.2, 0) is 11.3 Å². The van der Waals surface area contributed by atoms with Gasteiger partial charge in [-0.3, -0.25) is 9.69 Å². The van der Waals surface area contributed by atoms with E-state index in [-0.39, 0.29) is 5.91 Å². The Hall–Kier alpha value is -3.67. The summed E-state index contributed by atoms with van der Waals surface area (Å²) in [6, 6.07) is 23.7. The van der Waals surface area contributed by atoms with Crippen LogP contribution < -0.4 is 10.2 Å². The summed E-state index contributed by atoms with van der Waals surface area (Å²) in [4.78, 5) is 24.5. The SMILES string of the molecule is CCNc1ccc(C#N)cc1N=C1S/C(=C2/Sc3cccc(C)c3N2C)C(=O)N1Cc1ccccc1. The van der Waals surface area contributed by atoms with Crippen molar-refractivity contribution in [1.29, 1.82) is 5.26 Å². The van der Waals surface area contributed by atoms with Crippen LogP contribution in [0.1, 0.15) is 23.6 Å². The van der Waals surface area contributed by atoms with Gasteiger partial charge in [-0.05, 0) is 61.0 Å². The van der Waals surface area contributed by atoms with Crippen LogP contribution >= 0.6 is 23.5 Å². The number of para-hydroxylation sites is 1. The van der Waals surface area contributed by atoms with Gasteiger partial charge >= 0.3 is 0 Å². The number of nitriles is 1. The molecule has 2 aliphatic heterocycles. The number of aliphatic imine (C=N–C) groups is 1. The molecule has 1 amide bonds. The average molecular weight is 512 g/mol. The summed E-state index contributed by atoms with van der Waals surface area (Å²) in [5.74, 6) is -0.0659. The van der Waals surface area contributed by atoms with Crippen LogP contribution in [-0.4, -0.2) is 29.6 Å². The predicted molar refractivity (Wildman–Crippen MR) is 149 cm³/mol. The summed E-state index contributed by atoms with van der Waals surface area (Å²) < 4.78 is 0. The highest BCUT2D eigenvalue weighted by Crippen LogP contribution is 2.51. The van der Waals surface area contributed by atoms with E-state index in [1.807, 2.05) is 56.4 Å². The molecule has 8 heteroatoms. The fourth-order valence-electron chi connectivity index (χ4n) is 4.28. The topological polar surface area (TPSA) is 71.7 Å². The third-order valence-corrected chi connectivity index (χ3v) is 8.42. The van der Waals surface area contributed by atoms with Gasteiger partial charge in [0.05, 0.1) is 40.3 Å². The molecule has 0 radical (unpaired) electrons. The van der Waals surface area contributed by atoms with E-state index in [2.05, 4.69) is 35.3 Å². The molecule has 180 valence electrons. The van der Waals surface area contributed by atoms with Gasteiger partial charge in [0.2, 0.25) is 0 Å². The van der Waals surface area contributed by atoms with Gasteiger partial charge < -0.3 is 10.2 Å². The molecule has 0 bridgehead atoms. The number of thioether (sulfide) groups is 2. The Morgan fingerprint density at radius 3 is 2.58 bits per heavy atom. The highest BCUT2D eigenvalue weighted by molar-refractivity contribution is 8.19. The lowest BCUT2D eigenvalue weighted by atomic mass is 10.2. The number of aryl methyl sites for hydroxylation is 1. The van der Waals surface area contributed by atoms with Crippen LogP contribution in [0, 0.1) is 18.3 Å². The first-order valence-electron chi connectivity index (χ1n) is 11.7. The van der Waals surface area contributed by atoms with Crippen LogP contribution in [0.5, 0.6) is 0 Å². The van der Waals surface area contributed by atoms with E-state index in [0.29, 0.717) is 27.9 Å². The van der Waals surface area contributed by atoms with Crippen molar-refractivity contribution in [2.45, 2.75) is 25.3 Å². The Morgan fingerprint density at radius 2 is 1.86 bits per heavy atom. The van der Waals surface area contributed by atoms with Crippen molar-refractivity contribution in [3.8, 4) is 6.07 Å². The third-order valence-electron chi connectivity index (χ3n) is 6.00. The van der Waals surface area contributed by atoms with Crippen molar-refractivity contribution < 1.29 is 4.79 Å². The van der Waals surface area contributed by atoms with Gasteiger partial charge in [0.15, 0.2) is 5.17 Å². The normalized spacial score (nSPS) is 18.1. The van der Waals surface area contributed by atoms with Crippen molar-refractivity contribution >= 4 is 51.7 Å². The van der Waals surface area contributed by atoms with Crippen LogP contribution in [0.3, 0.4) is 0 Å². The van der Waals surface area contributed by atoms with E-state index in [1.54, 1.807) is 28.8 Å². The minimum Gasteiger partial charge on any atom is -0.384 e. The smallest absolute Gasteiger partial charge is 0.269 e. The fourth-order valence-corrected chi connectivity index (χ4v) is 6.69. The van der Waals surface area contributed by atoms with E-state index < -0.39 is 0 Å². The summed E-state index contributed by atoms with van der Waals surface area (Å²) >= 11 is 3.01. The number of rotatable bonds is 5. The van der Waals surface area contributed by atoms with Crippen LogP contribution in [0.2, 0.25) is 0 Å². The van der Waals surface area contributed by atoms with E-state index >= 15 is 0 Å². The molecule has 1 fully saturated rings. The number of hydrogen-bond acceptors (Lipinski definition) is 7. The number of amidine groups is 1. The molecule has 0 spiro atoms. The minimum atomic E-state index is -0.0659. The standard InChI is InChI=1S/C28H25N5OS2/c1-4-30-21-14-13-20(16-29)15-22(21)31-28-33(17-19-10-6-5-7-11-19)26(34)25(36-28)27-32(3)24-18(2)9-8-12-23(24)35-27/h5-15,30H,4,17H2,1-3H3/b27-25+,31-28?. The van der Waals surface area contributed by atoms with Crippen molar-refractivity contribution in [2.24, 2.45) is 4.99 Å². The molecule has 1 N–H and O–H groups in total. The van der Waals surface area contributed by atoms with Crippen molar-refractivity contribution in [3.05, 3.63) is 93.4 Å². The largest absolute Gasteiger partial charge is 0.384 e. The first kappa shape index (κ1) is 24.0. The summed E-state index contributed by atoms with van der Waals surface area (Å²) in [5, 5.41) is 14.3. The van der Waals surface area contributed by atoms with Gasteiger partial charge in [-0.15, -0.1) is 0 Å². The van der Waals surface area contributed by atoms with Gasteiger partial charge in [-0.2, -0.15) is 5.26 Å². The van der Waals surface area contributed by atoms with Gasteiger partial charge in [0.25, 0.3) is 5.91 Å². The molecule has 0 atom stereocenters. The molecule has 36 heavy (non-hydrogen) atoms. The van der Waals surface area contributed by atoms with Gasteiger partial charge in [-0.25, -0.2) is 4.99 Å². The van der Waals surface area contributed by atoms with Gasteiger partial charge in [-0.1, -0.05) is 54.2 Å². The van der Waals surface area contributed by atoms with E-state index in [9.17, 15) is 10.1 Å². The molecule has 0 aliphatic carbocycles. The molecular weight excluding hydrogens is 486 g/mol. The van der Waals surface area contributed by atoms with E-state index in [4.69, 9.17) is 4.99 Å². The zero-order valence-electron chi connectivity index (χ0n) is 20.3. The molecule has 6 nitrogen and oxygen atoms in total. The number of carbonyl (C=O) groups is 1. The van der Waals surface area contributed by atoms with Crippen molar-refractivity contribution in [3.63, 3.8) is 0 Å². The number of carbonyl (C=O) groups excluding carboxylic acids is 1. The highest BCUT2D eigenvalue weighted by atomic mass is 32.2. The first-order valence-corrected chi connectivity index (χ1v) is 13.3. The number of fused-ring (bicyclic) bond motifs is 1. The van der Waals surface area contributed by atoms with Gasteiger partial charge in [0, 0.05) is 18.5 Å². The van der Waals surface area contributed by atoms with Crippen LogP contribution in [0.15, 0.2) is 86.6 Å². The molecule has 3 aromatic rings. The highest BCUT2D eigenvalue weighted by Gasteiger charge is 2.39. The van der Waals surface area contributed by atoms with Crippen LogP contribution in [0.4, 0.5) is 17.1 Å². The molecule has 5 rings (SSSR count). The molecule has 2 heterocycles. The number of anilines is 2.